The number of hydrogen-bond donors (Lipinski definition) is 3. The molecular formula is C20H17FN4O4S. The molecule has 30 heavy (non-hydrogen) atoms. The van der Waals surface area contributed by atoms with Gasteiger partial charge in [-0.2, -0.15) is 5.26 Å². The van der Waals surface area contributed by atoms with Gasteiger partial charge < -0.3 is 15.0 Å². The number of anilines is 1. The van der Waals surface area contributed by atoms with Gasteiger partial charge in [0.25, 0.3) is 5.91 Å². The molecule has 0 bridgehead atoms. The molecule has 8 nitrogen and oxygen atoms in total. The molecule has 0 aliphatic carbocycles. The predicted molar refractivity (Wildman–Crippen MR) is 107 cm³/mol. The molecule has 3 N–H and O–H groups in total. The number of aromatic nitrogens is 1. The van der Waals surface area contributed by atoms with E-state index >= 15 is 0 Å². The molecule has 0 radical (unpaired) electrons. The van der Waals surface area contributed by atoms with Gasteiger partial charge in [-0.1, -0.05) is 18.1 Å². The second kappa shape index (κ2) is 8.13. The van der Waals surface area contributed by atoms with E-state index in [0.717, 1.165) is 6.07 Å². The third kappa shape index (κ3) is 3.98. The van der Waals surface area contributed by atoms with Crippen LogP contribution in [0.5, 0.6) is 0 Å². The van der Waals surface area contributed by atoms with Gasteiger partial charge in [-0.25, -0.2) is 17.5 Å². The quantitative estimate of drug-likeness (QED) is 0.637. The molecule has 2 heterocycles. The summed E-state index contributed by atoms with van der Waals surface area (Å²) >= 11 is 0. The normalized spacial score (nSPS) is 17.6. The van der Waals surface area contributed by atoms with Gasteiger partial charge in [-0.15, -0.1) is 5.92 Å². The van der Waals surface area contributed by atoms with Crippen molar-refractivity contribution >= 4 is 27.7 Å². The number of nitrogens with zero attached hydrogens (tertiary/aromatic N) is 2. The Balaban J connectivity index is 2.02. The molecule has 154 valence electrons. The van der Waals surface area contributed by atoms with Gasteiger partial charge >= 0.3 is 0 Å². The number of carbonyl (C=O) groups excluding carboxylic acids is 1. The minimum atomic E-state index is -4.05. The topological polar surface area (TPSA) is 124 Å². The zero-order valence-corrected chi connectivity index (χ0v) is 16.8. The number of aliphatic hydroxyl groups excluding tert-OH is 1. The summed E-state index contributed by atoms with van der Waals surface area (Å²) in [4.78, 5) is 12.7. The van der Waals surface area contributed by atoms with Crippen molar-refractivity contribution in [2.24, 2.45) is 7.05 Å². The first-order chi connectivity index (χ1) is 14.2. The fraction of sp³-hybridized carbons (Fsp3) is 0.200. The molecule has 10 heteroatoms. The van der Waals surface area contributed by atoms with Crippen molar-refractivity contribution in [1.82, 2.24) is 9.29 Å². The number of sulfonamides is 1. The van der Waals surface area contributed by atoms with Crippen LogP contribution in [0.2, 0.25) is 0 Å². The van der Waals surface area contributed by atoms with Crippen LogP contribution in [0, 0.1) is 29.0 Å². The summed E-state index contributed by atoms with van der Waals surface area (Å²) in [6.45, 7) is 1.52. The SMILES string of the molecule is CC#CC(O)[C@H]1C=Cc2c(cn(C)c2C(=O)Nc2ccc(F)c(C#N)c2)S(=O)(=O)N1. The highest BCUT2D eigenvalue weighted by molar-refractivity contribution is 7.89. The zero-order valence-electron chi connectivity index (χ0n) is 16.0. The molecule has 1 amide bonds. The molecule has 2 atom stereocenters. The second-order valence-corrected chi connectivity index (χ2v) is 8.15. The molecular weight excluding hydrogens is 411 g/mol. The smallest absolute Gasteiger partial charge is 0.272 e. The summed E-state index contributed by atoms with van der Waals surface area (Å²) in [7, 11) is -2.54. The Hall–Kier alpha value is -3.44. The maximum Gasteiger partial charge on any atom is 0.272 e. The van der Waals surface area contributed by atoms with Crippen LogP contribution in [0.4, 0.5) is 10.1 Å². The van der Waals surface area contributed by atoms with E-state index < -0.39 is 33.9 Å². The van der Waals surface area contributed by atoms with Crippen LogP contribution < -0.4 is 10.0 Å². The number of carbonyl (C=O) groups is 1. The first kappa shape index (κ1) is 21.3. The first-order valence-electron chi connectivity index (χ1n) is 8.69. The number of nitriles is 1. The first-order valence-corrected chi connectivity index (χ1v) is 10.2. The third-order valence-corrected chi connectivity index (χ3v) is 5.91. The van der Waals surface area contributed by atoms with Crippen LogP contribution in [0.15, 0.2) is 35.4 Å². The Morgan fingerprint density at radius 2 is 2.17 bits per heavy atom. The van der Waals surface area contributed by atoms with E-state index in [1.165, 1.54) is 49.0 Å². The van der Waals surface area contributed by atoms with E-state index in [0.29, 0.717) is 0 Å². The number of aliphatic hydroxyl groups is 1. The highest BCUT2D eigenvalue weighted by Gasteiger charge is 2.32. The summed E-state index contributed by atoms with van der Waals surface area (Å²) in [6, 6.07) is 4.21. The van der Waals surface area contributed by atoms with Crippen molar-refractivity contribution < 1.29 is 22.7 Å². The van der Waals surface area contributed by atoms with Gasteiger partial charge in [0.1, 0.15) is 28.6 Å². The molecule has 1 aliphatic heterocycles. The largest absolute Gasteiger partial charge is 0.378 e. The van der Waals surface area contributed by atoms with E-state index in [4.69, 9.17) is 5.26 Å². The number of halogens is 1. The van der Waals surface area contributed by atoms with E-state index in [-0.39, 0.29) is 27.4 Å². The minimum Gasteiger partial charge on any atom is -0.378 e. The number of amides is 1. The lowest BCUT2D eigenvalue weighted by Crippen LogP contribution is -2.40. The zero-order chi connectivity index (χ0) is 22.1. The number of nitrogens with one attached hydrogen (secondary N) is 2. The number of aryl methyl sites for hydroxylation is 1. The molecule has 1 aromatic heterocycles. The Morgan fingerprint density at radius 3 is 2.83 bits per heavy atom. The number of hydrogen-bond acceptors (Lipinski definition) is 5. The number of fused-ring (bicyclic) bond motifs is 1. The van der Waals surface area contributed by atoms with Crippen LogP contribution in [0.3, 0.4) is 0 Å². The van der Waals surface area contributed by atoms with E-state index in [1.54, 1.807) is 6.07 Å². The monoisotopic (exact) mass is 428 g/mol. The van der Waals surface area contributed by atoms with Crippen molar-refractivity contribution in [3.63, 3.8) is 0 Å². The summed E-state index contributed by atoms with van der Waals surface area (Å²) in [5.74, 6) is 3.63. The van der Waals surface area contributed by atoms with Crippen molar-refractivity contribution in [2.75, 3.05) is 5.32 Å². The van der Waals surface area contributed by atoms with Crippen LogP contribution >= 0.6 is 0 Å². The highest BCUT2D eigenvalue weighted by Crippen LogP contribution is 2.27. The van der Waals surface area contributed by atoms with Crippen LogP contribution in [0.25, 0.3) is 6.08 Å². The average Bonchev–Trinajstić information content (AvgIpc) is 2.97. The van der Waals surface area contributed by atoms with Crippen molar-refractivity contribution in [3.8, 4) is 17.9 Å². The molecule has 1 aromatic carbocycles. The third-order valence-electron chi connectivity index (χ3n) is 4.43. The fourth-order valence-corrected chi connectivity index (χ4v) is 4.49. The summed E-state index contributed by atoms with van der Waals surface area (Å²) in [5, 5.41) is 21.5. The lowest BCUT2D eigenvalue weighted by atomic mass is 10.1. The summed E-state index contributed by atoms with van der Waals surface area (Å²) < 4.78 is 42.7. The second-order valence-electron chi connectivity index (χ2n) is 6.47. The highest BCUT2D eigenvalue weighted by atomic mass is 32.2. The molecule has 1 unspecified atom stereocenters. The summed E-state index contributed by atoms with van der Waals surface area (Å²) in [6.07, 6.45) is 2.86. The molecule has 0 spiro atoms. The number of benzene rings is 1. The maximum atomic E-state index is 13.5. The number of rotatable bonds is 3. The molecule has 3 rings (SSSR count). The molecule has 0 saturated heterocycles. The van der Waals surface area contributed by atoms with Crippen molar-refractivity contribution in [1.29, 1.82) is 5.26 Å². The molecule has 0 saturated carbocycles. The van der Waals surface area contributed by atoms with Gasteiger partial charge in [0.15, 0.2) is 0 Å². The average molecular weight is 428 g/mol. The molecule has 2 aromatic rings. The summed E-state index contributed by atoms with van der Waals surface area (Å²) in [5.41, 5.74) is 0.104. The van der Waals surface area contributed by atoms with E-state index in [2.05, 4.69) is 21.9 Å². The fourth-order valence-electron chi connectivity index (χ4n) is 3.04. The Kier molecular flexibility index (Phi) is 5.76. The van der Waals surface area contributed by atoms with Gasteiger partial charge in [0.2, 0.25) is 10.0 Å². The van der Waals surface area contributed by atoms with Crippen LogP contribution in [0.1, 0.15) is 28.5 Å². The van der Waals surface area contributed by atoms with Crippen molar-refractivity contribution in [2.45, 2.75) is 24.0 Å². The van der Waals surface area contributed by atoms with Crippen LogP contribution in [-0.2, 0) is 17.1 Å². The van der Waals surface area contributed by atoms with Gasteiger partial charge in [-0.05, 0) is 25.1 Å². The molecule has 0 fully saturated rings. The molecule has 1 aliphatic rings. The predicted octanol–water partition coefficient (Wildman–Crippen LogP) is 1.35. The Morgan fingerprint density at radius 1 is 1.43 bits per heavy atom. The standard InChI is InChI=1S/C20H17FN4O4S/c1-3-4-17(26)16-8-6-14-18(30(28,29)24-16)11-25(2)19(14)20(27)23-13-5-7-15(21)12(9-13)10-22/h5-9,11,16-17,24,26H,1-2H3,(H,23,27)/t16-,17?/m1/s1. The van der Waals surface area contributed by atoms with Gasteiger partial charge in [0, 0.05) is 24.5 Å². The van der Waals surface area contributed by atoms with Gasteiger partial charge in [0.05, 0.1) is 11.6 Å². The van der Waals surface area contributed by atoms with E-state index in [1.807, 2.05) is 0 Å². The lowest BCUT2D eigenvalue weighted by molar-refractivity contribution is 0.101. The Bertz CT molecular complexity index is 1260. The van der Waals surface area contributed by atoms with Gasteiger partial charge in [-0.3, -0.25) is 4.79 Å². The van der Waals surface area contributed by atoms with Crippen LogP contribution in [-0.4, -0.2) is 36.1 Å². The maximum absolute atomic E-state index is 13.5. The lowest BCUT2D eigenvalue weighted by Gasteiger charge is -2.15. The minimum absolute atomic E-state index is 0.0335. The van der Waals surface area contributed by atoms with E-state index in [9.17, 15) is 22.7 Å². The van der Waals surface area contributed by atoms with Crippen molar-refractivity contribution in [3.05, 3.63) is 53.1 Å². The Labute approximate surface area is 172 Å².